The van der Waals surface area contributed by atoms with E-state index in [1.54, 1.807) is 24.3 Å². The van der Waals surface area contributed by atoms with Gasteiger partial charge in [-0.05, 0) is 157 Å². The zero-order valence-corrected chi connectivity index (χ0v) is 40.3. The molecule has 10 aromatic carbocycles. The Morgan fingerprint density at radius 3 is 1.19 bits per heavy atom. The molecule has 2 heterocycles. The van der Waals surface area contributed by atoms with Crippen LogP contribution in [0.5, 0.6) is 0 Å². The molecule has 0 fully saturated rings. The third-order valence-electron chi connectivity index (χ3n) is 13.5. The van der Waals surface area contributed by atoms with Crippen LogP contribution in [0.3, 0.4) is 0 Å². The third kappa shape index (κ3) is 8.76. The highest BCUT2D eigenvalue weighted by Gasteiger charge is 2.21. The van der Waals surface area contributed by atoms with Gasteiger partial charge >= 0.3 is 0 Å². The second-order valence-electron chi connectivity index (χ2n) is 18.0. The molecule has 0 saturated heterocycles. The van der Waals surface area contributed by atoms with Gasteiger partial charge < -0.3 is 14.4 Å². The standard InChI is InChI=1S/C67H42N8/c68-43-46-21-25-49(26-22-46)63-42-64(72-67(71-63)50-27-23-47(44-69)24-28-50)51-31-36-60(52(39-51)45-70)48-29-32-57(33-30-48)75-65-37-34-58(73(53-13-5-1-6-14-53)54-15-7-2-8-16-54)40-61(65)62-41-59(35-38-66(62)75)74(55-17-9-3-10-18-55)56-19-11-4-12-20-56/h1-42H. The monoisotopic (exact) mass is 958 g/mol. The second-order valence-corrected chi connectivity index (χ2v) is 18.0. The van der Waals surface area contributed by atoms with Crippen molar-refractivity contribution in [2.75, 3.05) is 9.80 Å². The number of hydrogen-bond acceptors (Lipinski definition) is 7. The molecule has 0 aliphatic carbocycles. The van der Waals surface area contributed by atoms with Crippen molar-refractivity contribution in [1.82, 2.24) is 14.5 Å². The first-order valence-corrected chi connectivity index (χ1v) is 24.5. The molecule has 0 radical (unpaired) electrons. The Kier molecular flexibility index (Phi) is 11.9. The minimum atomic E-state index is 0.474. The molecule has 0 saturated carbocycles. The highest BCUT2D eigenvalue weighted by molar-refractivity contribution is 6.12. The summed E-state index contributed by atoms with van der Waals surface area (Å²) < 4.78 is 2.33. The van der Waals surface area contributed by atoms with Gasteiger partial charge in [-0.3, -0.25) is 0 Å². The van der Waals surface area contributed by atoms with E-state index < -0.39 is 0 Å². The van der Waals surface area contributed by atoms with Crippen molar-refractivity contribution in [3.63, 3.8) is 0 Å². The third-order valence-corrected chi connectivity index (χ3v) is 13.5. The first-order valence-electron chi connectivity index (χ1n) is 24.5. The smallest absolute Gasteiger partial charge is 0.160 e. The van der Waals surface area contributed by atoms with E-state index in [2.05, 4.69) is 190 Å². The molecule has 12 aromatic rings. The fourth-order valence-electron chi connectivity index (χ4n) is 9.88. The summed E-state index contributed by atoms with van der Waals surface area (Å²) in [6.45, 7) is 0. The number of nitriles is 3. The van der Waals surface area contributed by atoms with Crippen molar-refractivity contribution in [1.29, 1.82) is 15.8 Å². The lowest BCUT2D eigenvalue weighted by Gasteiger charge is -2.26. The van der Waals surface area contributed by atoms with Crippen LogP contribution < -0.4 is 9.80 Å². The zero-order valence-electron chi connectivity index (χ0n) is 40.3. The quantitative estimate of drug-likeness (QED) is 0.127. The summed E-state index contributed by atoms with van der Waals surface area (Å²) in [6, 6.07) is 92.8. The van der Waals surface area contributed by atoms with Gasteiger partial charge in [0, 0.05) is 67.3 Å². The van der Waals surface area contributed by atoms with Gasteiger partial charge in [-0.2, -0.15) is 15.8 Å². The maximum Gasteiger partial charge on any atom is 0.160 e. The van der Waals surface area contributed by atoms with Gasteiger partial charge in [0.25, 0.3) is 0 Å². The van der Waals surface area contributed by atoms with E-state index in [0.29, 0.717) is 33.9 Å². The molecule has 0 unspecified atom stereocenters. The SMILES string of the molecule is N#Cc1ccc(-c2cc(-c3ccc(-c4ccc(-n5c6ccc(N(c7ccccc7)c7ccccc7)cc6c6cc(N(c7ccccc7)c7ccccc7)ccc65)cc4)c(C#N)c3)nc(-c3ccc(C#N)cc3)n2)cc1. The Bertz CT molecular complexity index is 3880. The summed E-state index contributed by atoms with van der Waals surface area (Å²) in [5.41, 5.74) is 16.3. The average Bonchev–Trinajstić information content (AvgIpc) is 3.81. The van der Waals surface area contributed by atoms with Crippen LogP contribution in [0.25, 0.3) is 72.5 Å². The van der Waals surface area contributed by atoms with E-state index >= 15 is 0 Å². The van der Waals surface area contributed by atoms with Crippen molar-refractivity contribution in [2.45, 2.75) is 0 Å². The summed E-state index contributed by atoms with van der Waals surface area (Å²) >= 11 is 0. The predicted octanol–water partition coefficient (Wildman–Crippen LogP) is 16.8. The number of para-hydroxylation sites is 4. The molecule has 0 amide bonds. The van der Waals surface area contributed by atoms with Gasteiger partial charge in [0.05, 0.1) is 57.3 Å². The van der Waals surface area contributed by atoms with Crippen LogP contribution >= 0.6 is 0 Å². The lowest BCUT2D eigenvalue weighted by molar-refractivity contribution is 1.18. The minimum Gasteiger partial charge on any atom is -0.310 e. The van der Waals surface area contributed by atoms with Gasteiger partial charge in [-0.25, -0.2) is 9.97 Å². The van der Waals surface area contributed by atoms with Crippen molar-refractivity contribution >= 4 is 55.9 Å². The van der Waals surface area contributed by atoms with Crippen LogP contribution in [0.4, 0.5) is 34.1 Å². The largest absolute Gasteiger partial charge is 0.310 e. The van der Waals surface area contributed by atoms with Crippen LogP contribution in [0.2, 0.25) is 0 Å². The first-order chi connectivity index (χ1) is 37.0. The topological polar surface area (TPSA) is 109 Å². The van der Waals surface area contributed by atoms with Gasteiger partial charge in [0.15, 0.2) is 5.82 Å². The number of fused-ring (bicyclic) bond motifs is 3. The van der Waals surface area contributed by atoms with Crippen LogP contribution in [0.1, 0.15) is 16.7 Å². The maximum atomic E-state index is 10.7. The van der Waals surface area contributed by atoms with Gasteiger partial charge in [-0.15, -0.1) is 0 Å². The Morgan fingerprint density at radius 2 is 0.747 bits per heavy atom. The van der Waals surface area contributed by atoms with Crippen LogP contribution in [0, 0.1) is 34.0 Å². The molecular weight excluding hydrogens is 917 g/mol. The highest BCUT2D eigenvalue weighted by Crippen LogP contribution is 2.43. The number of hydrogen-bond donors (Lipinski definition) is 0. The summed E-state index contributed by atoms with van der Waals surface area (Å²) in [7, 11) is 0. The van der Waals surface area contributed by atoms with Crippen molar-refractivity contribution in [2.24, 2.45) is 0 Å². The number of aromatic nitrogens is 3. The molecule has 0 aliphatic rings. The van der Waals surface area contributed by atoms with Gasteiger partial charge in [0.1, 0.15) is 0 Å². The number of anilines is 6. The van der Waals surface area contributed by atoms with Gasteiger partial charge in [-0.1, -0.05) is 109 Å². The van der Waals surface area contributed by atoms with E-state index in [9.17, 15) is 15.8 Å². The maximum absolute atomic E-state index is 10.7. The summed E-state index contributed by atoms with van der Waals surface area (Å²) in [5, 5.41) is 31.8. The zero-order chi connectivity index (χ0) is 50.7. The normalized spacial score (nSPS) is 10.9. The van der Waals surface area contributed by atoms with E-state index in [1.807, 2.05) is 72.8 Å². The average molecular weight is 959 g/mol. The molecule has 0 N–H and O–H groups in total. The number of benzene rings is 10. The lowest BCUT2D eigenvalue weighted by atomic mass is 9.96. The van der Waals surface area contributed by atoms with E-state index in [1.165, 1.54) is 0 Å². The molecule has 0 bridgehead atoms. The van der Waals surface area contributed by atoms with Gasteiger partial charge in [0.2, 0.25) is 0 Å². The minimum absolute atomic E-state index is 0.474. The van der Waals surface area contributed by atoms with Crippen molar-refractivity contribution < 1.29 is 0 Å². The second kappa shape index (κ2) is 19.7. The summed E-state index contributed by atoms with van der Waals surface area (Å²) in [5.74, 6) is 0.474. The van der Waals surface area contributed by atoms with E-state index in [4.69, 9.17) is 9.97 Å². The molecule has 2 aromatic heterocycles. The number of rotatable bonds is 11. The van der Waals surface area contributed by atoms with Crippen LogP contribution in [0.15, 0.2) is 255 Å². The van der Waals surface area contributed by atoms with E-state index in [-0.39, 0.29) is 0 Å². The van der Waals surface area contributed by atoms with Crippen LogP contribution in [-0.2, 0) is 0 Å². The molecule has 75 heavy (non-hydrogen) atoms. The number of nitrogens with zero attached hydrogens (tertiary/aromatic N) is 8. The molecule has 0 spiro atoms. The summed E-state index contributed by atoms with van der Waals surface area (Å²) in [6.07, 6.45) is 0. The first kappa shape index (κ1) is 45.3. The Hall–Kier alpha value is -10.9. The summed E-state index contributed by atoms with van der Waals surface area (Å²) in [4.78, 5) is 14.5. The lowest BCUT2D eigenvalue weighted by Crippen LogP contribution is -2.09. The predicted molar refractivity (Wildman–Crippen MR) is 302 cm³/mol. The fraction of sp³-hybridized carbons (Fsp3) is 0. The molecule has 8 heteroatoms. The molecule has 8 nitrogen and oxygen atoms in total. The van der Waals surface area contributed by atoms with Crippen molar-refractivity contribution in [3.8, 4) is 68.9 Å². The molecule has 0 atom stereocenters. The fourth-order valence-corrected chi connectivity index (χ4v) is 9.88. The Balaban J connectivity index is 0.965. The molecule has 12 rings (SSSR count). The van der Waals surface area contributed by atoms with Crippen LogP contribution in [-0.4, -0.2) is 14.5 Å². The molecule has 0 aliphatic heterocycles. The molecule has 350 valence electrons. The Morgan fingerprint density at radius 1 is 0.333 bits per heavy atom. The molecular formula is C67H42N8. The van der Waals surface area contributed by atoms with E-state index in [0.717, 1.165) is 89.4 Å². The highest BCUT2D eigenvalue weighted by atomic mass is 15.1. The Labute approximate surface area is 434 Å². The van der Waals surface area contributed by atoms with Crippen molar-refractivity contribution in [3.05, 3.63) is 271 Å².